The van der Waals surface area contributed by atoms with Crippen molar-refractivity contribution in [1.29, 1.82) is 0 Å². The van der Waals surface area contributed by atoms with Crippen LogP contribution in [0.4, 0.5) is 0 Å². The summed E-state index contributed by atoms with van der Waals surface area (Å²) in [4.78, 5) is 15.5. The highest BCUT2D eigenvalue weighted by Crippen LogP contribution is 2.20. The van der Waals surface area contributed by atoms with Crippen LogP contribution in [0.15, 0.2) is 35.9 Å². The summed E-state index contributed by atoms with van der Waals surface area (Å²) < 4.78 is 0. The van der Waals surface area contributed by atoms with Crippen LogP contribution in [0.25, 0.3) is 0 Å². The molecule has 0 spiro atoms. The van der Waals surface area contributed by atoms with Gasteiger partial charge in [-0.2, -0.15) is 0 Å². The Morgan fingerprint density at radius 3 is 3.00 bits per heavy atom. The van der Waals surface area contributed by atoms with Crippen LogP contribution in [-0.4, -0.2) is 21.8 Å². The van der Waals surface area contributed by atoms with E-state index in [4.69, 9.17) is 5.11 Å². The normalized spacial score (nSPS) is 10.1. The molecule has 0 saturated carbocycles. The molecule has 0 aromatic carbocycles. The van der Waals surface area contributed by atoms with Gasteiger partial charge in [0, 0.05) is 11.1 Å². The fourth-order valence-corrected chi connectivity index (χ4v) is 2.31. The van der Waals surface area contributed by atoms with Gasteiger partial charge >= 0.3 is 5.97 Å². The fourth-order valence-electron chi connectivity index (χ4n) is 1.38. The van der Waals surface area contributed by atoms with Crippen molar-refractivity contribution in [3.8, 4) is 0 Å². The number of aromatic carboxylic acids is 1. The summed E-state index contributed by atoms with van der Waals surface area (Å²) in [6.45, 7) is 3.68. The molecule has 92 valence electrons. The van der Waals surface area contributed by atoms with E-state index in [2.05, 4.69) is 11.6 Å². The molecule has 1 aromatic rings. The molecule has 0 saturated heterocycles. The summed E-state index contributed by atoms with van der Waals surface area (Å²) in [5.41, 5.74) is 0.113. The van der Waals surface area contributed by atoms with Crippen LogP contribution in [0, 0.1) is 0 Å². The van der Waals surface area contributed by atoms with Gasteiger partial charge in [-0.15, -0.1) is 18.3 Å². The minimum absolute atomic E-state index is 0.113. The molecule has 0 amide bonds. The highest BCUT2D eigenvalue weighted by molar-refractivity contribution is 7.99. The minimum atomic E-state index is -0.974. The number of pyridine rings is 1. The van der Waals surface area contributed by atoms with E-state index >= 15 is 0 Å². The smallest absolute Gasteiger partial charge is 0.354 e. The number of carbonyl (C=O) groups is 1. The van der Waals surface area contributed by atoms with E-state index in [0.717, 1.165) is 23.5 Å². The van der Waals surface area contributed by atoms with Gasteiger partial charge in [-0.05, 0) is 37.1 Å². The van der Waals surface area contributed by atoms with Gasteiger partial charge in [-0.25, -0.2) is 9.78 Å². The summed E-state index contributed by atoms with van der Waals surface area (Å²) in [5, 5.41) is 8.80. The molecule has 1 heterocycles. The first kappa shape index (κ1) is 13.8. The van der Waals surface area contributed by atoms with Crippen molar-refractivity contribution in [2.45, 2.75) is 30.6 Å². The van der Waals surface area contributed by atoms with E-state index in [9.17, 15) is 4.79 Å². The van der Waals surface area contributed by atoms with Gasteiger partial charge in [0.2, 0.25) is 0 Å². The molecule has 0 atom stereocenters. The van der Waals surface area contributed by atoms with E-state index in [1.807, 2.05) is 12.1 Å². The zero-order valence-electron chi connectivity index (χ0n) is 9.76. The lowest BCUT2D eigenvalue weighted by Crippen LogP contribution is -1.99. The molecule has 0 aliphatic rings. The number of allylic oxidation sites excluding steroid dienone is 1. The third kappa shape index (κ3) is 5.54. The number of aromatic nitrogens is 1. The lowest BCUT2D eigenvalue weighted by molar-refractivity contribution is 0.0690. The second-order valence-electron chi connectivity index (χ2n) is 3.67. The van der Waals surface area contributed by atoms with Crippen molar-refractivity contribution in [1.82, 2.24) is 4.98 Å². The van der Waals surface area contributed by atoms with E-state index in [0.29, 0.717) is 0 Å². The van der Waals surface area contributed by atoms with E-state index in [-0.39, 0.29) is 5.69 Å². The Morgan fingerprint density at radius 2 is 2.29 bits per heavy atom. The Hall–Kier alpha value is -1.29. The van der Waals surface area contributed by atoms with Crippen molar-refractivity contribution >= 4 is 17.7 Å². The maximum atomic E-state index is 10.7. The third-order valence-electron chi connectivity index (χ3n) is 2.27. The molecule has 3 nitrogen and oxygen atoms in total. The topological polar surface area (TPSA) is 50.2 Å². The Kier molecular flexibility index (Phi) is 6.40. The first-order chi connectivity index (χ1) is 8.24. The van der Waals surface area contributed by atoms with Crippen molar-refractivity contribution < 1.29 is 9.90 Å². The van der Waals surface area contributed by atoms with Crippen LogP contribution in [0.1, 0.15) is 36.2 Å². The Morgan fingerprint density at radius 1 is 1.47 bits per heavy atom. The molecule has 0 radical (unpaired) electrons. The summed E-state index contributed by atoms with van der Waals surface area (Å²) >= 11 is 1.68. The van der Waals surface area contributed by atoms with Crippen molar-refractivity contribution in [3.63, 3.8) is 0 Å². The quantitative estimate of drug-likeness (QED) is 0.435. The maximum absolute atomic E-state index is 10.7. The molecule has 0 fully saturated rings. The Bertz CT molecular complexity index is 379. The molecule has 0 unspecified atom stereocenters. The Balaban J connectivity index is 2.29. The zero-order valence-corrected chi connectivity index (χ0v) is 10.6. The molecule has 4 heteroatoms. The van der Waals surface area contributed by atoms with Crippen LogP contribution in [0.3, 0.4) is 0 Å². The summed E-state index contributed by atoms with van der Waals surface area (Å²) in [6.07, 6.45) is 8.07. The van der Waals surface area contributed by atoms with Crippen LogP contribution in [-0.2, 0) is 0 Å². The largest absolute Gasteiger partial charge is 0.477 e. The Labute approximate surface area is 106 Å². The number of unbranched alkanes of at least 4 members (excludes halogenated alkanes) is 3. The van der Waals surface area contributed by atoms with Crippen molar-refractivity contribution in [2.75, 3.05) is 5.75 Å². The molecular formula is C13H17NO2S. The SMILES string of the molecule is C=CCCCCCSc1ccnc(C(=O)O)c1. The fraction of sp³-hybridized carbons (Fsp3) is 0.385. The van der Waals surface area contributed by atoms with Crippen LogP contribution in [0.5, 0.6) is 0 Å². The molecule has 0 aliphatic heterocycles. The average Bonchev–Trinajstić information content (AvgIpc) is 2.34. The van der Waals surface area contributed by atoms with E-state index in [1.165, 1.54) is 12.8 Å². The van der Waals surface area contributed by atoms with Gasteiger partial charge < -0.3 is 5.11 Å². The summed E-state index contributed by atoms with van der Waals surface area (Å²) in [7, 11) is 0. The highest BCUT2D eigenvalue weighted by atomic mass is 32.2. The predicted octanol–water partition coefficient (Wildman–Crippen LogP) is 3.62. The summed E-state index contributed by atoms with van der Waals surface area (Å²) in [6, 6.07) is 3.47. The van der Waals surface area contributed by atoms with Gasteiger partial charge in [0.1, 0.15) is 5.69 Å². The minimum Gasteiger partial charge on any atom is -0.477 e. The molecule has 0 bridgehead atoms. The standard InChI is InChI=1S/C13H17NO2S/c1-2-3-4-5-6-9-17-11-7-8-14-12(10-11)13(15)16/h2,7-8,10H,1,3-6,9H2,(H,15,16). The molecule has 17 heavy (non-hydrogen) atoms. The molecule has 1 rings (SSSR count). The average molecular weight is 251 g/mol. The second kappa shape index (κ2) is 7.90. The zero-order chi connectivity index (χ0) is 12.5. The maximum Gasteiger partial charge on any atom is 0.354 e. The predicted molar refractivity (Wildman–Crippen MR) is 70.6 cm³/mol. The number of thioether (sulfide) groups is 1. The molecule has 1 N–H and O–H groups in total. The van der Waals surface area contributed by atoms with Crippen molar-refractivity contribution in [2.24, 2.45) is 0 Å². The molecular weight excluding hydrogens is 234 g/mol. The lowest BCUT2D eigenvalue weighted by Gasteiger charge is -2.02. The van der Waals surface area contributed by atoms with E-state index < -0.39 is 5.97 Å². The van der Waals surface area contributed by atoms with Gasteiger partial charge in [0.15, 0.2) is 0 Å². The number of carboxylic acid groups (broad SMARTS) is 1. The van der Waals surface area contributed by atoms with Crippen LogP contribution in [0.2, 0.25) is 0 Å². The monoisotopic (exact) mass is 251 g/mol. The van der Waals surface area contributed by atoms with Gasteiger partial charge in [0.25, 0.3) is 0 Å². The van der Waals surface area contributed by atoms with E-state index in [1.54, 1.807) is 24.0 Å². The molecule has 0 aliphatic carbocycles. The first-order valence-corrected chi connectivity index (χ1v) is 6.65. The number of nitrogens with zero attached hydrogens (tertiary/aromatic N) is 1. The first-order valence-electron chi connectivity index (χ1n) is 5.67. The third-order valence-corrected chi connectivity index (χ3v) is 3.35. The number of rotatable bonds is 8. The van der Waals surface area contributed by atoms with Crippen LogP contribution >= 0.6 is 11.8 Å². The van der Waals surface area contributed by atoms with Gasteiger partial charge in [0.05, 0.1) is 0 Å². The van der Waals surface area contributed by atoms with Crippen molar-refractivity contribution in [3.05, 3.63) is 36.7 Å². The van der Waals surface area contributed by atoms with Crippen LogP contribution < -0.4 is 0 Å². The number of carboxylic acids is 1. The molecule has 1 aromatic heterocycles. The van der Waals surface area contributed by atoms with Gasteiger partial charge in [-0.3, -0.25) is 0 Å². The highest BCUT2D eigenvalue weighted by Gasteiger charge is 2.04. The number of hydrogen-bond acceptors (Lipinski definition) is 3. The van der Waals surface area contributed by atoms with Gasteiger partial charge in [-0.1, -0.05) is 12.5 Å². The second-order valence-corrected chi connectivity index (χ2v) is 4.84. The number of hydrogen-bond donors (Lipinski definition) is 1. The lowest BCUT2D eigenvalue weighted by atomic mass is 10.2. The summed E-state index contributed by atoms with van der Waals surface area (Å²) in [5.74, 6) is 0.0404.